The summed E-state index contributed by atoms with van der Waals surface area (Å²) in [6.45, 7) is 5.08. The van der Waals surface area contributed by atoms with Gasteiger partial charge in [-0.05, 0) is 23.6 Å². The normalized spacial score (nSPS) is 12.2. The summed E-state index contributed by atoms with van der Waals surface area (Å²) in [4.78, 5) is 0. The zero-order chi connectivity index (χ0) is 12.0. The molecule has 0 radical (unpaired) electrons. The zero-order valence-corrected chi connectivity index (χ0v) is 11.7. The van der Waals surface area contributed by atoms with Crippen LogP contribution in [0.25, 0.3) is 0 Å². The van der Waals surface area contributed by atoms with E-state index in [1.807, 2.05) is 18.2 Å². The highest BCUT2D eigenvalue weighted by molar-refractivity contribution is 9.08. The van der Waals surface area contributed by atoms with Gasteiger partial charge < -0.3 is 9.47 Å². The van der Waals surface area contributed by atoms with Gasteiger partial charge in [-0.2, -0.15) is 0 Å². The van der Waals surface area contributed by atoms with Crippen molar-refractivity contribution in [2.45, 2.75) is 25.6 Å². The van der Waals surface area contributed by atoms with Crippen molar-refractivity contribution in [1.29, 1.82) is 0 Å². The van der Waals surface area contributed by atoms with Crippen molar-refractivity contribution in [1.82, 2.24) is 0 Å². The van der Waals surface area contributed by atoms with Crippen LogP contribution in [0.15, 0.2) is 18.2 Å². The van der Waals surface area contributed by atoms with Crippen molar-refractivity contribution in [3.63, 3.8) is 0 Å². The molecule has 0 N–H and O–H groups in total. The van der Waals surface area contributed by atoms with Crippen LogP contribution in [-0.2, 0) is 5.33 Å². The molecule has 0 spiro atoms. The molecule has 0 aromatic heterocycles. The highest BCUT2D eigenvalue weighted by Gasteiger charge is 2.07. The van der Waals surface area contributed by atoms with Gasteiger partial charge in [0.2, 0.25) is 0 Å². The number of rotatable bonds is 6. The molecule has 0 aliphatic rings. The van der Waals surface area contributed by atoms with Crippen molar-refractivity contribution < 1.29 is 9.47 Å². The van der Waals surface area contributed by atoms with Crippen LogP contribution in [0.3, 0.4) is 0 Å². The van der Waals surface area contributed by atoms with Crippen LogP contribution in [0.5, 0.6) is 11.5 Å². The summed E-state index contributed by atoms with van der Waals surface area (Å²) in [6.07, 6.45) is 1.13. The van der Waals surface area contributed by atoms with E-state index in [-0.39, 0.29) is 0 Å². The molecule has 0 fully saturated rings. The molecular formula is C13H19BrO2. The van der Waals surface area contributed by atoms with Gasteiger partial charge in [-0.3, -0.25) is 0 Å². The summed E-state index contributed by atoms with van der Waals surface area (Å²) in [5.41, 5.74) is 1.19. The Bertz CT molecular complexity index is 326. The van der Waals surface area contributed by atoms with Crippen LogP contribution >= 0.6 is 15.9 Å². The Balaban J connectivity index is 2.71. The molecule has 0 amide bonds. The molecule has 0 saturated carbocycles. The first-order chi connectivity index (χ1) is 7.71. The quantitative estimate of drug-likeness (QED) is 0.736. The second-order valence-corrected chi connectivity index (χ2v) is 4.50. The molecule has 1 aromatic rings. The molecule has 1 atom stereocenters. The van der Waals surface area contributed by atoms with E-state index in [0.717, 1.165) is 29.9 Å². The summed E-state index contributed by atoms with van der Waals surface area (Å²) in [5, 5.41) is 0.828. The SMILES string of the molecule is CCC(C)COc1ccc(CBr)cc1OC. The van der Waals surface area contributed by atoms with Crippen LogP contribution in [0, 0.1) is 5.92 Å². The third-order valence-corrected chi connectivity index (χ3v) is 3.25. The Morgan fingerprint density at radius 3 is 2.62 bits per heavy atom. The smallest absolute Gasteiger partial charge is 0.161 e. The Morgan fingerprint density at radius 1 is 1.31 bits per heavy atom. The molecule has 1 aromatic carbocycles. The Morgan fingerprint density at radius 2 is 2.06 bits per heavy atom. The van der Waals surface area contributed by atoms with Gasteiger partial charge in [0.1, 0.15) is 0 Å². The lowest BCUT2D eigenvalue weighted by atomic mass is 10.1. The minimum Gasteiger partial charge on any atom is -0.493 e. The maximum absolute atomic E-state index is 5.74. The lowest BCUT2D eigenvalue weighted by molar-refractivity contribution is 0.244. The fourth-order valence-corrected chi connectivity index (χ4v) is 1.61. The van der Waals surface area contributed by atoms with Crippen LogP contribution < -0.4 is 9.47 Å². The van der Waals surface area contributed by atoms with E-state index >= 15 is 0 Å². The van der Waals surface area contributed by atoms with E-state index in [2.05, 4.69) is 29.8 Å². The third kappa shape index (κ3) is 3.71. The Labute approximate surface area is 106 Å². The van der Waals surface area contributed by atoms with Gasteiger partial charge in [0.05, 0.1) is 13.7 Å². The second-order valence-electron chi connectivity index (χ2n) is 3.94. The van der Waals surface area contributed by atoms with E-state index in [1.165, 1.54) is 5.56 Å². The first kappa shape index (κ1) is 13.4. The van der Waals surface area contributed by atoms with Gasteiger partial charge in [0.15, 0.2) is 11.5 Å². The van der Waals surface area contributed by atoms with Crippen LogP contribution in [-0.4, -0.2) is 13.7 Å². The highest BCUT2D eigenvalue weighted by atomic mass is 79.9. The van der Waals surface area contributed by atoms with Crippen molar-refractivity contribution in [3.8, 4) is 11.5 Å². The largest absolute Gasteiger partial charge is 0.493 e. The molecule has 0 saturated heterocycles. The Hall–Kier alpha value is -0.700. The fourth-order valence-electron chi connectivity index (χ4n) is 1.26. The lowest BCUT2D eigenvalue weighted by Gasteiger charge is -2.14. The number of benzene rings is 1. The first-order valence-electron chi connectivity index (χ1n) is 5.56. The molecule has 0 aliphatic carbocycles. The van der Waals surface area contributed by atoms with E-state index in [4.69, 9.17) is 9.47 Å². The Kier molecular flexibility index (Phi) is 5.67. The van der Waals surface area contributed by atoms with E-state index < -0.39 is 0 Å². The average molecular weight is 287 g/mol. The summed E-state index contributed by atoms with van der Waals surface area (Å²) < 4.78 is 11.0. The summed E-state index contributed by atoms with van der Waals surface area (Å²) in [6, 6.07) is 6.02. The topological polar surface area (TPSA) is 18.5 Å². The predicted molar refractivity (Wildman–Crippen MR) is 70.6 cm³/mol. The number of alkyl halides is 1. The number of halogens is 1. The molecule has 3 heteroatoms. The standard InChI is InChI=1S/C13H19BrO2/c1-4-10(2)9-16-12-6-5-11(8-14)7-13(12)15-3/h5-7,10H,4,8-9H2,1-3H3. The number of methoxy groups -OCH3 is 1. The minimum atomic E-state index is 0.570. The molecule has 0 heterocycles. The molecule has 90 valence electrons. The van der Waals surface area contributed by atoms with Crippen molar-refractivity contribution in [3.05, 3.63) is 23.8 Å². The molecule has 0 aliphatic heterocycles. The zero-order valence-electron chi connectivity index (χ0n) is 10.1. The lowest BCUT2D eigenvalue weighted by Crippen LogP contribution is -2.08. The van der Waals surface area contributed by atoms with Crippen LogP contribution in [0.4, 0.5) is 0 Å². The molecule has 16 heavy (non-hydrogen) atoms. The molecule has 2 nitrogen and oxygen atoms in total. The molecule has 1 rings (SSSR count). The minimum absolute atomic E-state index is 0.570. The molecule has 0 bridgehead atoms. The average Bonchev–Trinajstić information content (AvgIpc) is 2.35. The van der Waals surface area contributed by atoms with Gasteiger partial charge in [-0.1, -0.05) is 42.3 Å². The maximum Gasteiger partial charge on any atom is 0.161 e. The van der Waals surface area contributed by atoms with Crippen LogP contribution in [0.2, 0.25) is 0 Å². The van der Waals surface area contributed by atoms with Crippen molar-refractivity contribution >= 4 is 15.9 Å². The maximum atomic E-state index is 5.74. The van der Waals surface area contributed by atoms with Crippen molar-refractivity contribution in [2.24, 2.45) is 5.92 Å². The number of hydrogen-bond acceptors (Lipinski definition) is 2. The van der Waals surface area contributed by atoms with Gasteiger partial charge >= 0.3 is 0 Å². The second kappa shape index (κ2) is 6.79. The van der Waals surface area contributed by atoms with Gasteiger partial charge in [0, 0.05) is 5.33 Å². The van der Waals surface area contributed by atoms with Crippen molar-refractivity contribution in [2.75, 3.05) is 13.7 Å². The van der Waals surface area contributed by atoms with E-state index in [0.29, 0.717) is 5.92 Å². The highest BCUT2D eigenvalue weighted by Crippen LogP contribution is 2.29. The van der Waals surface area contributed by atoms with E-state index in [9.17, 15) is 0 Å². The molecular weight excluding hydrogens is 268 g/mol. The van der Waals surface area contributed by atoms with Crippen LogP contribution in [0.1, 0.15) is 25.8 Å². The first-order valence-corrected chi connectivity index (χ1v) is 6.69. The summed E-state index contributed by atoms with van der Waals surface area (Å²) >= 11 is 3.42. The fraction of sp³-hybridized carbons (Fsp3) is 0.538. The van der Waals surface area contributed by atoms with Gasteiger partial charge in [-0.25, -0.2) is 0 Å². The predicted octanol–water partition coefficient (Wildman–Crippen LogP) is 4.02. The van der Waals surface area contributed by atoms with E-state index in [1.54, 1.807) is 7.11 Å². The molecule has 1 unspecified atom stereocenters. The number of ether oxygens (including phenoxy) is 2. The van der Waals surface area contributed by atoms with Gasteiger partial charge in [-0.15, -0.1) is 0 Å². The van der Waals surface area contributed by atoms with Gasteiger partial charge in [0.25, 0.3) is 0 Å². The number of hydrogen-bond donors (Lipinski definition) is 0. The monoisotopic (exact) mass is 286 g/mol. The summed E-state index contributed by atoms with van der Waals surface area (Å²) in [7, 11) is 1.67. The third-order valence-electron chi connectivity index (χ3n) is 2.60. The summed E-state index contributed by atoms with van der Waals surface area (Å²) in [5.74, 6) is 2.20.